The second kappa shape index (κ2) is 6.39. The molecule has 0 saturated heterocycles. The molecule has 0 unspecified atom stereocenters. The Morgan fingerprint density at radius 1 is 1.47 bits per heavy atom. The summed E-state index contributed by atoms with van der Waals surface area (Å²) >= 11 is 0. The zero-order valence-electron chi connectivity index (χ0n) is 9.43. The Labute approximate surface area is 98.9 Å². The van der Waals surface area contributed by atoms with Crippen LogP contribution < -0.4 is 16.6 Å². The molecule has 0 atom stereocenters. The van der Waals surface area contributed by atoms with E-state index in [1.165, 1.54) is 13.1 Å². The number of nitrogens with two attached hydrogens (primary N) is 1. The van der Waals surface area contributed by atoms with Crippen LogP contribution in [-0.4, -0.2) is 23.3 Å². The van der Waals surface area contributed by atoms with E-state index in [-0.39, 0.29) is 5.91 Å². The molecule has 1 aromatic heterocycles. The van der Waals surface area contributed by atoms with E-state index in [4.69, 9.17) is 5.84 Å². The Kier molecular flexibility index (Phi) is 4.83. The van der Waals surface area contributed by atoms with E-state index in [1.54, 1.807) is 24.4 Å². The maximum absolute atomic E-state index is 11.2. The fraction of sp³-hybridized carbons (Fsp3) is 0.182. The van der Waals surface area contributed by atoms with Crippen LogP contribution in [-0.2, 0) is 4.79 Å². The number of rotatable bonds is 4. The van der Waals surface area contributed by atoms with Gasteiger partial charge in [-0.15, -0.1) is 0 Å². The number of nitrogen functional groups attached to an aromatic ring is 1. The highest BCUT2D eigenvalue weighted by molar-refractivity contribution is 5.93. The van der Waals surface area contributed by atoms with Crippen LogP contribution in [0.15, 0.2) is 24.5 Å². The molecule has 0 aliphatic rings. The van der Waals surface area contributed by atoms with Gasteiger partial charge in [-0.05, 0) is 11.6 Å². The van der Waals surface area contributed by atoms with Gasteiger partial charge >= 0.3 is 0 Å². The molecule has 0 aliphatic carbocycles. The van der Waals surface area contributed by atoms with E-state index < -0.39 is 5.91 Å². The predicted octanol–water partition coefficient (Wildman–Crippen LogP) is -0.166. The average molecular weight is 234 g/mol. The molecule has 1 rings (SSSR count). The van der Waals surface area contributed by atoms with Crippen molar-refractivity contribution in [3.8, 4) is 0 Å². The number of carbonyl (C=O) groups excluding carboxylic acids is 2. The quantitative estimate of drug-likeness (QED) is 0.383. The summed E-state index contributed by atoms with van der Waals surface area (Å²) in [5.41, 5.74) is 3.17. The summed E-state index contributed by atoms with van der Waals surface area (Å²) in [4.78, 5) is 25.8. The van der Waals surface area contributed by atoms with Gasteiger partial charge in [0.25, 0.3) is 5.91 Å². The van der Waals surface area contributed by atoms with Crippen LogP contribution in [0.3, 0.4) is 0 Å². The third-order valence-electron chi connectivity index (χ3n) is 1.93. The minimum Gasteiger partial charge on any atom is -0.353 e. The van der Waals surface area contributed by atoms with E-state index in [2.05, 4.69) is 10.3 Å². The molecule has 17 heavy (non-hydrogen) atoms. The van der Waals surface area contributed by atoms with E-state index >= 15 is 0 Å². The highest BCUT2D eigenvalue weighted by Gasteiger charge is 2.02. The minimum atomic E-state index is -0.394. The van der Waals surface area contributed by atoms with Gasteiger partial charge in [0.05, 0.1) is 5.56 Å². The van der Waals surface area contributed by atoms with Gasteiger partial charge in [0, 0.05) is 25.9 Å². The summed E-state index contributed by atoms with van der Waals surface area (Å²) in [6.07, 6.45) is 6.56. The number of hydrogen-bond donors (Lipinski definition) is 3. The monoisotopic (exact) mass is 234 g/mol. The van der Waals surface area contributed by atoms with Crippen LogP contribution in [0.4, 0.5) is 0 Å². The van der Waals surface area contributed by atoms with Crippen molar-refractivity contribution < 1.29 is 9.59 Å². The van der Waals surface area contributed by atoms with Gasteiger partial charge in [0.2, 0.25) is 5.91 Å². The van der Waals surface area contributed by atoms with Crippen molar-refractivity contribution >= 4 is 17.9 Å². The molecular weight excluding hydrogens is 220 g/mol. The molecule has 0 radical (unpaired) electrons. The van der Waals surface area contributed by atoms with Gasteiger partial charge < -0.3 is 5.32 Å². The number of hydrogen-bond acceptors (Lipinski definition) is 4. The number of amides is 2. The van der Waals surface area contributed by atoms with Crippen LogP contribution in [0.5, 0.6) is 0 Å². The smallest absolute Gasteiger partial charge is 0.266 e. The largest absolute Gasteiger partial charge is 0.353 e. The summed E-state index contributed by atoms with van der Waals surface area (Å²) in [6.45, 7) is 1.88. The lowest BCUT2D eigenvalue weighted by molar-refractivity contribution is -0.118. The highest BCUT2D eigenvalue weighted by atomic mass is 16.2. The lowest BCUT2D eigenvalue weighted by Crippen LogP contribution is -2.30. The Hall–Kier alpha value is -2.21. The Balaban J connectivity index is 2.65. The molecule has 1 aromatic rings. The number of nitrogens with one attached hydrogen (secondary N) is 2. The summed E-state index contributed by atoms with van der Waals surface area (Å²) in [5.74, 6) is 4.53. The van der Waals surface area contributed by atoms with Crippen LogP contribution >= 0.6 is 0 Å². The Bertz CT molecular complexity index is 443. The first-order valence-electron chi connectivity index (χ1n) is 5.00. The van der Waals surface area contributed by atoms with Gasteiger partial charge in [-0.25, -0.2) is 5.84 Å². The Morgan fingerprint density at radius 3 is 2.88 bits per heavy atom. The van der Waals surface area contributed by atoms with Gasteiger partial charge in [0.1, 0.15) is 0 Å². The van der Waals surface area contributed by atoms with Crippen molar-refractivity contribution in [3.63, 3.8) is 0 Å². The van der Waals surface area contributed by atoms with Gasteiger partial charge in [-0.3, -0.25) is 20.0 Å². The molecule has 90 valence electrons. The average Bonchev–Trinajstić information content (AvgIpc) is 2.34. The second-order valence-corrected chi connectivity index (χ2v) is 3.32. The fourth-order valence-electron chi connectivity index (χ4n) is 1.15. The topological polar surface area (TPSA) is 97.1 Å². The molecule has 0 saturated carbocycles. The lowest BCUT2D eigenvalue weighted by Gasteiger charge is -2.00. The molecule has 2 amide bonds. The lowest BCUT2D eigenvalue weighted by atomic mass is 10.2. The number of carbonyl (C=O) groups is 2. The predicted molar refractivity (Wildman–Crippen MR) is 63.6 cm³/mol. The molecular formula is C11H14N4O2. The molecule has 6 nitrogen and oxygen atoms in total. The third kappa shape index (κ3) is 4.43. The molecule has 6 heteroatoms. The maximum atomic E-state index is 11.2. The third-order valence-corrected chi connectivity index (χ3v) is 1.93. The van der Waals surface area contributed by atoms with Crippen molar-refractivity contribution in [1.82, 2.24) is 15.7 Å². The van der Waals surface area contributed by atoms with E-state index in [1.807, 2.05) is 5.43 Å². The first kappa shape index (κ1) is 12.9. The molecule has 0 aromatic carbocycles. The van der Waals surface area contributed by atoms with Crippen molar-refractivity contribution in [2.75, 3.05) is 6.54 Å². The summed E-state index contributed by atoms with van der Waals surface area (Å²) in [7, 11) is 0. The van der Waals surface area contributed by atoms with Gasteiger partial charge in [-0.2, -0.15) is 0 Å². The molecule has 0 bridgehead atoms. The first-order valence-corrected chi connectivity index (χ1v) is 5.00. The van der Waals surface area contributed by atoms with Gasteiger partial charge in [0.15, 0.2) is 0 Å². The van der Waals surface area contributed by atoms with Crippen LogP contribution in [0.2, 0.25) is 0 Å². The molecule has 1 heterocycles. The number of pyridine rings is 1. The van der Waals surface area contributed by atoms with Crippen molar-refractivity contribution in [2.45, 2.75) is 6.92 Å². The van der Waals surface area contributed by atoms with Crippen LogP contribution in [0.1, 0.15) is 22.8 Å². The van der Waals surface area contributed by atoms with E-state index in [0.29, 0.717) is 12.1 Å². The number of nitrogens with zero attached hydrogens (tertiary/aromatic N) is 1. The number of aromatic nitrogens is 1. The maximum Gasteiger partial charge on any atom is 0.266 e. The highest BCUT2D eigenvalue weighted by Crippen LogP contribution is 2.04. The second-order valence-electron chi connectivity index (χ2n) is 3.32. The Morgan fingerprint density at radius 2 is 2.24 bits per heavy atom. The zero-order valence-corrected chi connectivity index (χ0v) is 9.43. The van der Waals surface area contributed by atoms with Crippen molar-refractivity contribution in [2.24, 2.45) is 5.84 Å². The standard InChI is InChI=1S/C11H14N4O2/c1-8(16)14-4-2-3-9-5-10(7-13-6-9)11(17)15-12/h2-3,5-7H,4,12H2,1H3,(H,14,16)(H,15,17). The van der Waals surface area contributed by atoms with Crippen LogP contribution in [0.25, 0.3) is 6.08 Å². The summed E-state index contributed by atoms with van der Waals surface area (Å²) in [6, 6.07) is 1.65. The number of hydrazine groups is 1. The molecule has 0 fully saturated rings. The van der Waals surface area contributed by atoms with Crippen molar-refractivity contribution in [3.05, 3.63) is 35.7 Å². The SMILES string of the molecule is CC(=O)NCC=Cc1cncc(C(=O)NN)c1. The molecule has 4 N–H and O–H groups in total. The van der Waals surface area contributed by atoms with Crippen molar-refractivity contribution in [1.29, 1.82) is 0 Å². The van der Waals surface area contributed by atoms with Gasteiger partial charge in [-0.1, -0.05) is 12.2 Å². The minimum absolute atomic E-state index is 0.0935. The van der Waals surface area contributed by atoms with E-state index in [9.17, 15) is 9.59 Å². The summed E-state index contributed by atoms with van der Waals surface area (Å²) in [5, 5.41) is 2.62. The zero-order chi connectivity index (χ0) is 12.7. The summed E-state index contributed by atoms with van der Waals surface area (Å²) < 4.78 is 0. The fourth-order valence-corrected chi connectivity index (χ4v) is 1.15. The van der Waals surface area contributed by atoms with E-state index in [0.717, 1.165) is 5.56 Å². The molecule has 0 spiro atoms. The van der Waals surface area contributed by atoms with Crippen LogP contribution in [0, 0.1) is 0 Å². The normalized spacial score (nSPS) is 10.2. The first-order chi connectivity index (χ1) is 8.13. The molecule has 0 aliphatic heterocycles.